The first-order valence-corrected chi connectivity index (χ1v) is 8.23. The molecule has 0 aliphatic carbocycles. The largest absolute Gasteiger partial charge is 0.486 e. The van der Waals surface area contributed by atoms with Gasteiger partial charge in [-0.25, -0.2) is 0 Å². The number of hydrogen-bond acceptors (Lipinski definition) is 5. The molecule has 1 unspecified atom stereocenters. The fourth-order valence-electron chi connectivity index (χ4n) is 1.44. The SMILES string of the molecule is COc1sc(CNCC(C)(O)CSC)cc1Br. The van der Waals surface area contributed by atoms with Crippen molar-refractivity contribution in [3.05, 3.63) is 15.4 Å². The van der Waals surface area contributed by atoms with Crippen LogP contribution in [-0.4, -0.2) is 36.4 Å². The third-order valence-electron chi connectivity index (χ3n) is 2.15. The van der Waals surface area contributed by atoms with Crippen molar-refractivity contribution in [2.45, 2.75) is 19.1 Å². The van der Waals surface area contributed by atoms with Crippen molar-refractivity contribution in [3.8, 4) is 5.06 Å². The number of thiophene rings is 1. The van der Waals surface area contributed by atoms with Crippen molar-refractivity contribution >= 4 is 39.0 Å². The number of rotatable bonds is 7. The Morgan fingerprint density at radius 2 is 2.35 bits per heavy atom. The number of hydrogen-bond donors (Lipinski definition) is 2. The predicted molar refractivity (Wildman–Crippen MR) is 79.3 cm³/mol. The Kier molecular flexibility index (Phi) is 6.30. The lowest BCUT2D eigenvalue weighted by Crippen LogP contribution is -2.39. The van der Waals surface area contributed by atoms with Crippen LogP contribution in [0.25, 0.3) is 0 Å². The van der Waals surface area contributed by atoms with E-state index in [2.05, 4.69) is 21.2 Å². The minimum Gasteiger partial charge on any atom is -0.486 e. The van der Waals surface area contributed by atoms with Crippen molar-refractivity contribution < 1.29 is 9.84 Å². The predicted octanol–water partition coefficient (Wildman–Crippen LogP) is 2.72. The molecule has 0 amide bonds. The summed E-state index contributed by atoms with van der Waals surface area (Å²) >= 11 is 6.69. The molecule has 2 N–H and O–H groups in total. The molecule has 0 aromatic carbocycles. The molecule has 0 aliphatic heterocycles. The van der Waals surface area contributed by atoms with Crippen LogP contribution in [-0.2, 0) is 6.54 Å². The molecule has 3 nitrogen and oxygen atoms in total. The van der Waals surface area contributed by atoms with Gasteiger partial charge in [-0.2, -0.15) is 11.8 Å². The summed E-state index contributed by atoms with van der Waals surface area (Å²) in [6.07, 6.45) is 2.00. The zero-order chi connectivity index (χ0) is 12.9. The van der Waals surface area contributed by atoms with E-state index in [1.54, 1.807) is 30.2 Å². The molecular weight excluding hydrogens is 322 g/mol. The molecule has 98 valence electrons. The lowest BCUT2D eigenvalue weighted by molar-refractivity contribution is 0.0846. The second kappa shape index (κ2) is 6.99. The Hall–Kier alpha value is 0.250. The van der Waals surface area contributed by atoms with Crippen LogP contribution in [0.5, 0.6) is 5.06 Å². The van der Waals surface area contributed by atoms with E-state index in [-0.39, 0.29) is 0 Å². The van der Waals surface area contributed by atoms with E-state index >= 15 is 0 Å². The Balaban J connectivity index is 2.40. The monoisotopic (exact) mass is 339 g/mol. The molecule has 17 heavy (non-hydrogen) atoms. The Bertz CT molecular complexity index is 355. The van der Waals surface area contributed by atoms with Crippen LogP contribution in [0.15, 0.2) is 10.5 Å². The number of halogens is 1. The molecule has 0 spiro atoms. The topological polar surface area (TPSA) is 41.5 Å². The lowest BCUT2D eigenvalue weighted by atomic mass is 10.1. The summed E-state index contributed by atoms with van der Waals surface area (Å²) in [5.41, 5.74) is -0.655. The van der Waals surface area contributed by atoms with Crippen LogP contribution in [0.2, 0.25) is 0 Å². The van der Waals surface area contributed by atoms with Crippen LogP contribution < -0.4 is 10.1 Å². The molecule has 0 radical (unpaired) electrons. The summed E-state index contributed by atoms with van der Waals surface area (Å²) < 4.78 is 6.19. The molecule has 0 aliphatic rings. The fourth-order valence-corrected chi connectivity index (χ4v) is 3.83. The van der Waals surface area contributed by atoms with E-state index in [0.717, 1.165) is 21.8 Å². The van der Waals surface area contributed by atoms with Crippen LogP contribution >= 0.6 is 39.0 Å². The highest BCUT2D eigenvalue weighted by molar-refractivity contribution is 9.10. The van der Waals surface area contributed by atoms with E-state index in [4.69, 9.17) is 4.74 Å². The van der Waals surface area contributed by atoms with Gasteiger partial charge in [-0.05, 0) is 35.2 Å². The van der Waals surface area contributed by atoms with Gasteiger partial charge in [0, 0.05) is 23.7 Å². The highest BCUT2D eigenvalue weighted by Crippen LogP contribution is 2.34. The smallest absolute Gasteiger partial charge is 0.188 e. The average molecular weight is 340 g/mol. The van der Waals surface area contributed by atoms with Crippen LogP contribution in [0.1, 0.15) is 11.8 Å². The van der Waals surface area contributed by atoms with Crippen molar-refractivity contribution in [1.82, 2.24) is 5.32 Å². The third kappa shape index (κ3) is 5.18. The molecule has 1 heterocycles. The van der Waals surface area contributed by atoms with Crippen molar-refractivity contribution in [1.29, 1.82) is 0 Å². The maximum absolute atomic E-state index is 9.98. The number of methoxy groups -OCH3 is 1. The van der Waals surface area contributed by atoms with Crippen LogP contribution in [0.4, 0.5) is 0 Å². The van der Waals surface area contributed by atoms with E-state index in [1.165, 1.54) is 4.88 Å². The lowest BCUT2D eigenvalue weighted by Gasteiger charge is -2.22. The number of thioether (sulfide) groups is 1. The molecule has 1 atom stereocenters. The van der Waals surface area contributed by atoms with Gasteiger partial charge in [0.25, 0.3) is 0 Å². The maximum atomic E-state index is 9.98. The summed E-state index contributed by atoms with van der Waals surface area (Å²) in [7, 11) is 1.66. The van der Waals surface area contributed by atoms with Gasteiger partial charge in [-0.15, -0.1) is 11.3 Å². The molecule has 1 rings (SSSR count). The normalized spacial score (nSPS) is 14.6. The Morgan fingerprint density at radius 1 is 1.65 bits per heavy atom. The highest BCUT2D eigenvalue weighted by Gasteiger charge is 2.18. The highest BCUT2D eigenvalue weighted by atomic mass is 79.9. The summed E-state index contributed by atoms with van der Waals surface area (Å²) in [6, 6.07) is 2.04. The second-order valence-corrected chi connectivity index (χ2v) is 6.91. The zero-order valence-electron chi connectivity index (χ0n) is 10.2. The van der Waals surface area contributed by atoms with Gasteiger partial charge >= 0.3 is 0 Å². The average Bonchev–Trinajstić information content (AvgIpc) is 2.58. The van der Waals surface area contributed by atoms with Gasteiger partial charge in [-0.1, -0.05) is 0 Å². The first-order chi connectivity index (χ1) is 7.98. The van der Waals surface area contributed by atoms with Crippen LogP contribution in [0, 0.1) is 0 Å². The molecule has 0 saturated heterocycles. The minimum absolute atomic E-state index is 0.589. The number of nitrogens with one attached hydrogen (secondary N) is 1. The zero-order valence-corrected chi connectivity index (χ0v) is 13.5. The van der Waals surface area contributed by atoms with E-state index in [9.17, 15) is 5.11 Å². The van der Waals surface area contributed by atoms with Gasteiger partial charge in [0.1, 0.15) is 0 Å². The summed E-state index contributed by atoms with van der Waals surface area (Å²) in [6.45, 7) is 3.18. The Morgan fingerprint density at radius 3 is 2.88 bits per heavy atom. The molecule has 6 heteroatoms. The third-order valence-corrected chi connectivity index (χ3v) is 5.01. The minimum atomic E-state index is -0.655. The van der Waals surface area contributed by atoms with Gasteiger partial charge in [-0.3, -0.25) is 0 Å². The summed E-state index contributed by atoms with van der Waals surface area (Å²) in [5, 5.41) is 14.1. The number of ether oxygens (including phenoxy) is 1. The van der Waals surface area contributed by atoms with Gasteiger partial charge in [0.05, 0.1) is 17.2 Å². The first kappa shape index (κ1) is 15.3. The standard InChI is InChI=1S/C11H18BrNO2S2/c1-11(14,7-16-3)6-13-5-8-4-9(12)10(15-2)17-8/h4,13-14H,5-7H2,1-3H3. The van der Waals surface area contributed by atoms with Crippen molar-refractivity contribution in [2.24, 2.45) is 0 Å². The number of aliphatic hydroxyl groups is 1. The maximum Gasteiger partial charge on any atom is 0.188 e. The van der Waals surface area contributed by atoms with Crippen molar-refractivity contribution in [3.63, 3.8) is 0 Å². The van der Waals surface area contributed by atoms with Gasteiger partial charge < -0.3 is 15.2 Å². The summed E-state index contributed by atoms with van der Waals surface area (Å²) in [4.78, 5) is 1.19. The molecule has 1 aromatic rings. The fraction of sp³-hybridized carbons (Fsp3) is 0.636. The van der Waals surface area contributed by atoms with E-state index in [0.29, 0.717) is 6.54 Å². The van der Waals surface area contributed by atoms with Gasteiger partial charge in [0.15, 0.2) is 5.06 Å². The molecule has 0 bridgehead atoms. The Labute approximate surface area is 119 Å². The molecule has 1 aromatic heterocycles. The molecular formula is C11H18BrNO2S2. The first-order valence-electron chi connectivity index (χ1n) is 5.23. The van der Waals surface area contributed by atoms with E-state index in [1.807, 2.05) is 19.2 Å². The molecule has 0 saturated carbocycles. The van der Waals surface area contributed by atoms with Crippen LogP contribution in [0.3, 0.4) is 0 Å². The molecule has 0 fully saturated rings. The van der Waals surface area contributed by atoms with Crippen molar-refractivity contribution in [2.75, 3.05) is 25.7 Å². The quantitative estimate of drug-likeness (QED) is 0.801. The van der Waals surface area contributed by atoms with Gasteiger partial charge in [0.2, 0.25) is 0 Å². The summed E-state index contributed by atoms with van der Waals surface area (Å²) in [5.74, 6) is 0.734. The second-order valence-electron chi connectivity index (χ2n) is 4.09. The van der Waals surface area contributed by atoms with E-state index < -0.39 is 5.60 Å².